The van der Waals surface area contributed by atoms with Crippen molar-refractivity contribution >= 4 is 16.7 Å². The highest BCUT2D eigenvalue weighted by Crippen LogP contribution is 2.28. The van der Waals surface area contributed by atoms with E-state index in [0.29, 0.717) is 0 Å². The average molecular weight is 244 g/mol. The number of fused-ring (bicyclic) bond motifs is 1. The first kappa shape index (κ1) is 12.4. The highest BCUT2D eigenvalue weighted by atomic mass is 16.5. The maximum Gasteiger partial charge on any atom is 0.310 e. The minimum atomic E-state index is -0.812. The molecule has 0 amide bonds. The van der Waals surface area contributed by atoms with Gasteiger partial charge in [-0.2, -0.15) is 0 Å². The van der Waals surface area contributed by atoms with E-state index in [1.807, 2.05) is 37.3 Å². The molecule has 1 unspecified atom stereocenters. The zero-order valence-corrected chi connectivity index (χ0v) is 10.7. The van der Waals surface area contributed by atoms with Crippen molar-refractivity contribution in [1.82, 2.24) is 0 Å². The maximum absolute atomic E-state index is 11.0. The lowest BCUT2D eigenvalue weighted by Crippen LogP contribution is -2.07. The molecule has 0 fully saturated rings. The second kappa shape index (κ2) is 4.69. The first-order chi connectivity index (χ1) is 8.52. The summed E-state index contributed by atoms with van der Waals surface area (Å²) >= 11 is 0. The molecule has 1 atom stereocenters. The lowest BCUT2D eigenvalue weighted by atomic mass is 9.97. The third kappa shape index (κ3) is 2.16. The Balaban J connectivity index is 2.57. The van der Waals surface area contributed by atoms with E-state index in [4.69, 9.17) is 9.84 Å². The van der Waals surface area contributed by atoms with Gasteiger partial charge in [0.2, 0.25) is 0 Å². The van der Waals surface area contributed by atoms with E-state index < -0.39 is 11.9 Å². The first-order valence-electron chi connectivity index (χ1n) is 5.84. The van der Waals surface area contributed by atoms with Gasteiger partial charge in [0.1, 0.15) is 5.75 Å². The van der Waals surface area contributed by atoms with Gasteiger partial charge in [0.05, 0.1) is 13.0 Å². The Morgan fingerprint density at radius 2 is 1.94 bits per heavy atom. The largest absolute Gasteiger partial charge is 0.496 e. The number of aliphatic carboxylic acids is 1. The van der Waals surface area contributed by atoms with Crippen molar-refractivity contribution in [3.8, 4) is 5.75 Å². The molecule has 3 nitrogen and oxygen atoms in total. The number of aryl methyl sites for hydroxylation is 1. The van der Waals surface area contributed by atoms with Crippen LogP contribution in [0.1, 0.15) is 24.0 Å². The van der Waals surface area contributed by atoms with Crippen LogP contribution in [0.4, 0.5) is 0 Å². The summed E-state index contributed by atoms with van der Waals surface area (Å²) in [4.78, 5) is 11.0. The van der Waals surface area contributed by atoms with Gasteiger partial charge < -0.3 is 9.84 Å². The fourth-order valence-corrected chi connectivity index (χ4v) is 2.04. The SMILES string of the molecule is COc1cc2cc(C(C)C(=O)O)ccc2cc1C. The molecule has 0 aliphatic carbocycles. The monoisotopic (exact) mass is 244 g/mol. The van der Waals surface area contributed by atoms with Crippen molar-refractivity contribution in [2.24, 2.45) is 0 Å². The summed E-state index contributed by atoms with van der Waals surface area (Å²) < 4.78 is 5.28. The van der Waals surface area contributed by atoms with Gasteiger partial charge in [-0.1, -0.05) is 18.2 Å². The number of methoxy groups -OCH3 is 1. The number of hydrogen-bond donors (Lipinski definition) is 1. The fraction of sp³-hybridized carbons (Fsp3) is 0.267. The Kier molecular flexibility index (Phi) is 3.24. The van der Waals surface area contributed by atoms with Gasteiger partial charge in [0, 0.05) is 0 Å². The third-order valence-corrected chi connectivity index (χ3v) is 3.25. The second-order valence-corrected chi connectivity index (χ2v) is 4.49. The smallest absolute Gasteiger partial charge is 0.310 e. The van der Waals surface area contributed by atoms with Gasteiger partial charge in [-0.25, -0.2) is 0 Å². The van der Waals surface area contributed by atoms with Crippen molar-refractivity contribution in [3.63, 3.8) is 0 Å². The number of benzene rings is 2. The molecular formula is C15H16O3. The molecule has 2 aromatic carbocycles. The summed E-state index contributed by atoms with van der Waals surface area (Å²) in [5.41, 5.74) is 1.88. The Hall–Kier alpha value is -2.03. The van der Waals surface area contributed by atoms with Crippen LogP contribution in [0.5, 0.6) is 5.75 Å². The Morgan fingerprint density at radius 1 is 1.22 bits per heavy atom. The summed E-state index contributed by atoms with van der Waals surface area (Å²) in [5.74, 6) is -0.488. The van der Waals surface area contributed by atoms with Gasteiger partial charge in [-0.15, -0.1) is 0 Å². The summed E-state index contributed by atoms with van der Waals surface area (Å²) in [6, 6.07) is 9.73. The molecular weight excluding hydrogens is 228 g/mol. The highest BCUT2D eigenvalue weighted by molar-refractivity contribution is 5.87. The molecule has 0 saturated carbocycles. The van der Waals surface area contributed by atoms with E-state index in [-0.39, 0.29) is 0 Å². The summed E-state index contributed by atoms with van der Waals surface area (Å²) in [5, 5.41) is 11.1. The number of hydrogen-bond acceptors (Lipinski definition) is 2. The maximum atomic E-state index is 11.0. The zero-order valence-electron chi connectivity index (χ0n) is 10.7. The van der Waals surface area contributed by atoms with E-state index in [2.05, 4.69) is 0 Å². The van der Waals surface area contributed by atoms with Crippen LogP contribution < -0.4 is 4.74 Å². The number of carboxylic acid groups (broad SMARTS) is 1. The number of carbonyl (C=O) groups is 1. The Labute approximate surface area is 106 Å². The minimum absolute atomic E-state index is 0.498. The van der Waals surface area contributed by atoms with Crippen LogP contribution >= 0.6 is 0 Å². The van der Waals surface area contributed by atoms with E-state index in [1.165, 1.54) is 0 Å². The second-order valence-electron chi connectivity index (χ2n) is 4.49. The molecule has 2 aromatic rings. The topological polar surface area (TPSA) is 46.5 Å². The zero-order chi connectivity index (χ0) is 13.3. The summed E-state index contributed by atoms with van der Waals surface area (Å²) in [6.07, 6.45) is 0. The van der Waals surface area contributed by atoms with Crippen LogP contribution in [0.25, 0.3) is 10.8 Å². The molecule has 0 aliphatic rings. The van der Waals surface area contributed by atoms with Crippen molar-refractivity contribution in [2.75, 3.05) is 7.11 Å². The molecule has 1 N–H and O–H groups in total. The molecule has 2 rings (SSSR count). The molecule has 0 heterocycles. The van der Waals surface area contributed by atoms with Crippen LogP contribution in [0, 0.1) is 6.92 Å². The van der Waals surface area contributed by atoms with Gasteiger partial charge in [0.25, 0.3) is 0 Å². The predicted molar refractivity (Wildman–Crippen MR) is 71.3 cm³/mol. The third-order valence-electron chi connectivity index (χ3n) is 3.25. The van der Waals surface area contributed by atoms with E-state index in [0.717, 1.165) is 27.6 Å². The van der Waals surface area contributed by atoms with E-state index >= 15 is 0 Å². The summed E-state index contributed by atoms with van der Waals surface area (Å²) in [6.45, 7) is 3.68. The van der Waals surface area contributed by atoms with Crippen LogP contribution in [0.3, 0.4) is 0 Å². The molecule has 0 aromatic heterocycles. The molecule has 18 heavy (non-hydrogen) atoms. The van der Waals surface area contributed by atoms with Crippen molar-refractivity contribution in [1.29, 1.82) is 0 Å². The van der Waals surface area contributed by atoms with Crippen molar-refractivity contribution < 1.29 is 14.6 Å². The number of carboxylic acids is 1. The van der Waals surface area contributed by atoms with Crippen molar-refractivity contribution in [2.45, 2.75) is 19.8 Å². The summed E-state index contributed by atoms with van der Waals surface area (Å²) in [7, 11) is 1.64. The lowest BCUT2D eigenvalue weighted by molar-refractivity contribution is -0.138. The Morgan fingerprint density at radius 3 is 2.56 bits per heavy atom. The highest BCUT2D eigenvalue weighted by Gasteiger charge is 2.14. The average Bonchev–Trinajstić information content (AvgIpc) is 2.36. The van der Waals surface area contributed by atoms with Crippen LogP contribution in [-0.2, 0) is 4.79 Å². The van der Waals surface area contributed by atoms with Gasteiger partial charge in [0.15, 0.2) is 0 Å². The lowest BCUT2D eigenvalue weighted by Gasteiger charge is -2.10. The van der Waals surface area contributed by atoms with Crippen LogP contribution in [0.2, 0.25) is 0 Å². The van der Waals surface area contributed by atoms with E-state index in [9.17, 15) is 4.79 Å². The molecule has 0 saturated heterocycles. The fourth-order valence-electron chi connectivity index (χ4n) is 2.04. The van der Waals surface area contributed by atoms with Gasteiger partial charge in [-0.05, 0) is 47.9 Å². The molecule has 94 valence electrons. The Bertz CT molecular complexity index is 602. The normalized spacial score (nSPS) is 12.4. The van der Waals surface area contributed by atoms with Crippen LogP contribution in [0.15, 0.2) is 30.3 Å². The molecule has 0 spiro atoms. The molecule has 0 aliphatic heterocycles. The quantitative estimate of drug-likeness (QED) is 0.900. The van der Waals surface area contributed by atoms with E-state index in [1.54, 1.807) is 14.0 Å². The molecule has 0 bridgehead atoms. The van der Waals surface area contributed by atoms with Crippen LogP contribution in [-0.4, -0.2) is 18.2 Å². The number of rotatable bonds is 3. The van der Waals surface area contributed by atoms with Gasteiger partial charge >= 0.3 is 5.97 Å². The standard InChI is InChI=1S/C15H16O3/c1-9-6-12-5-4-11(10(2)15(16)17)7-13(12)8-14(9)18-3/h4-8,10H,1-3H3,(H,16,17). The minimum Gasteiger partial charge on any atom is -0.496 e. The van der Waals surface area contributed by atoms with Gasteiger partial charge in [-0.3, -0.25) is 4.79 Å². The predicted octanol–water partition coefficient (Wildman–Crippen LogP) is 3.34. The molecule has 0 radical (unpaired) electrons. The first-order valence-corrected chi connectivity index (χ1v) is 5.84. The molecule has 3 heteroatoms. The van der Waals surface area contributed by atoms with Crippen molar-refractivity contribution in [3.05, 3.63) is 41.5 Å². The number of ether oxygens (including phenoxy) is 1.